The average molecular weight is 544 g/mol. The Hall–Kier alpha value is -1.37. The van der Waals surface area contributed by atoms with Gasteiger partial charge in [0.25, 0.3) is 0 Å². The van der Waals surface area contributed by atoms with Crippen molar-refractivity contribution < 1.29 is 9.53 Å². The molecule has 0 saturated carbocycles. The summed E-state index contributed by atoms with van der Waals surface area (Å²) in [6, 6.07) is 18.4. The summed E-state index contributed by atoms with van der Waals surface area (Å²) in [4.78, 5) is 14.5. The summed E-state index contributed by atoms with van der Waals surface area (Å²) in [5, 5.41) is 1.54. The van der Waals surface area contributed by atoms with Gasteiger partial charge in [-0.1, -0.05) is 56.8 Å². The van der Waals surface area contributed by atoms with Gasteiger partial charge in [0.15, 0.2) is 0 Å². The van der Waals surface area contributed by atoms with Gasteiger partial charge in [-0.3, -0.25) is 9.69 Å². The number of nitrogens with zero attached hydrogens (tertiary/aromatic N) is 1. The van der Waals surface area contributed by atoms with Crippen molar-refractivity contribution in [3.63, 3.8) is 0 Å². The van der Waals surface area contributed by atoms with Crippen molar-refractivity contribution >= 4 is 74.1 Å². The lowest BCUT2D eigenvalue weighted by atomic mass is 10.1. The second kappa shape index (κ2) is 9.41. The lowest BCUT2D eigenvalue weighted by molar-refractivity contribution is -0.115. The van der Waals surface area contributed by atoms with Crippen LogP contribution in [0.1, 0.15) is 16.5 Å². The molecule has 0 N–H and O–H groups in total. The summed E-state index contributed by atoms with van der Waals surface area (Å²) < 4.78 is 7.04. The number of ether oxygens (including phenoxy) is 1. The molecule has 0 unspecified atom stereocenters. The minimum absolute atomic E-state index is 0.0407. The fraction of sp³-hybridized carbons (Fsp3) is 0.136. The molecule has 1 saturated heterocycles. The van der Waals surface area contributed by atoms with Crippen LogP contribution < -0.4 is 9.64 Å². The SMILES string of the molecule is O=C1CS[C@H](c2cc(Br)ccc2OCc2ccc(Cl)cc2Cl)N1c1ccc(Cl)cc1. The zero-order chi connectivity index (χ0) is 21.3. The lowest BCUT2D eigenvalue weighted by Crippen LogP contribution is -2.28. The number of hydrogen-bond acceptors (Lipinski definition) is 3. The maximum absolute atomic E-state index is 12.7. The highest BCUT2D eigenvalue weighted by atomic mass is 79.9. The van der Waals surface area contributed by atoms with Crippen molar-refractivity contribution in [1.82, 2.24) is 0 Å². The van der Waals surface area contributed by atoms with E-state index in [0.717, 1.165) is 21.3 Å². The summed E-state index contributed by atoms with van der Waals surface area (Å²) >= 11 is 23.4. The molecule has 0 bridgehead atoms. The van der Waals surface area contributed by atoms with E-state index >= 15 is 0 Å². The number of carbonyl (C=O) groups excluding carboxylic acids is 1. The van der Waals surface area contributed by atoms with E-state index in [0.29, 0.717) is 26.6 Å². The largest absolute Gasteiger partial charge is 0.488 e. The van der Waals surface area contributed by atoms with E-state index in [-0.39, 0.29) is 17.9 Å². The van der Waals surface area contributed by atoms with Gasteiger partial charge >= 0.3 is 0 Å². The Balaban J connectivity index is 1.65. The molecule has 154 valence electrons. The summed E-state index contributed by atoms with van der Waals surface area (Å²) in [6.07, 6.45) is 0. The summed E-state index contributed by atoms with van der Waals surface area (Å²) in [7, 11) is 0. The quantitative estimate of drug-likeness (QED) is 0.329. The smallest absolute Gasteiger partial charge is 0.238 e. The Labute approximate surface area is 202 Å². The third-order valence-electron chi connectivity index (χ3n) is 4.61. The molecule has 1 aliphatic rings. The fourth-order valence-electron chi connectivity index (χ4n) is 3.17. The van der Waals surface area contributed by atoms with Crippen LogP contribution >= 0.6 is 62.5 Å². The van der Waals surface area contributed by atoms with Crippen LogP contribution in [0.3, 0.4) is 0 Å². The molecule has 4 rings (SSSR count). The van der Waals surface area contributed by atoms with Crippen LogP contribution in [0, 0.1) is 0 Å². The van der Waals surface area contributed by atoms with E-state index in [1.807, 2.05) is 36.4 Å². The van der Waals surface area contributed by atoms with Crippen LogP contribution in [0.25, 0.3) is 0 Å². The molecule has 1 fully saturated rings. The Morgan fingerprint density at radius 3 is 2.47 bits per heavy atom. The Morgan fingerprint density at radius 2 is 1.73 bits per heavy atom. The lowest BCUT2D eigenvalue weighted by Gasteiger charge is -2.26. The highest BCUT2D eigenvalue weighted by molar-refractivity contribution is 9.10. The fourth-order valence-corrected chi connectivity index (χ4v) is 5.33. The van der Waals surface area contributed by atoms with E-state index < -0.39 is 0 Å². The van der Waals surface area contributed by atoms with E-state index in [1.54, 1.807) is 40.9 Å². The number of thioether (sulfide) groups is 1. The molecule has 8 heteroatoms. The summed E-state index contributed by atoms with van der Waals surface area (Å²) in [6.45, 7) is 0.289. The second-order valence-corrected chi connectivity index (χ2v) is 9.87. The van der Waals surface area contributed by atoms with Gasteiger partial charge in [0.1, 0.15) is 17.7 Å². The van der Waals surface area contributed by atoms with Gasteiger partial charge in [-0.25, -0.2) is 0 Å². The van der Waals surface area contributed by atoms with E-state index in [1.165, 1.54) is 0 Å². The van der Waals surface area contributed by atoms with Crippen molar-refractivity contribution in [2.45, 2.75) is 12.0 Å². The molecular formula is C22H15BrCl3NO2S. The minimum Gasteiger partial charge on any atom is -0.488 e. The number of benzene rings is 3. The van der Waals surface area contributed by atoms with Crippen molar-refractivity contribution in [2.24, 2.45) is 0 Å². The zero-order valence-corrected chi connectivity index (χ0v) is 20.1. The molecule has 1 aliphatic heterocycles. The van der Waals surface area contributed by atoms with Gasteiger partial charge in [-0.05, 0) is 54.6 Å². The Morgan fingerprint density at radius 1 is 1.00 bits per heavy atom. The van der Waals surface area contributed by atoms with Crippen LogP contribution in [-0.4, -0.2) is 11.7 Å². The summed E-state index contributed by atoms with van der Waals surface area (Å²) in [5.41, 5.74) is 2.53. The third-order valence-corrected chi connectivity index (χ3v) is 7.14. The standard InChI is InChI=1S/C22H15BrCl3NO2S/c23-14-2-8-20(29-11-13-1-3-16(25)10-19(13)26)18(9-14)22-27(21(28)12-30-22)17-6-4-15(24)5-7-17/h1-10,22H,11-12H2/t22-/m1/s1. The van der Waals surface area contributed by atoms with Crippen molar-refractivity contribution in [3.05, 3.63) is 91.3 Å². The predicted molar refractivity (Wildman–Crippen MR) is 129 cm³/mol. The Kier molecular flexibility index (Phi) is 6.85. The number of rotatable bonds is 5. The third kappa shape index (κ3) is 4.76. The topological polar surface area (TPSA) is 29.5 Å². The molecule has 0 aromatic heterocycles. The predicted octanol–water partition coefficient (Wildman–Crippen LogP) is 7.77. The van der Waals surface area contributed by atoms with Crippen LogP contribution in [0.5, 0.6) is 5.75 Å². The maximum atomic E-state index is 12.7. The highest BCUT2D eigenvalue weighted by Crippen LogP contribution is 2.46. The second-order valence-electron chi connectivity index (χ2n) is 6.61. The number of anilines is 1. The molecule has 1 heterocycles. The molecule has 3 aromatic rings. The first-order valence-electron chi connectivity index (χ1n) is 8.98. The first-order valence-corrected chi connectivity index (χ1v) is 12.0. The van der Waals surface area contributed by atoms with E-state index in [2.05, 4.69) is 15.9 Å². The van der Waals surface area contributed by atoms with Gasteiger partial charge in [-0.15, -0.1) is 11.8 Å². The molecular weight excluding hydrogens is 529 g/mol. The average Bonchev–Trinajstić information content (AvgIpc) is 3.10. The first kappa shape index (κ1) is 21.8. The number of halogens is 4. The van der Waals surface area contributed by atoms with Crippen LogP contribution in [0.4, 0.5) is 5.69 Å². The molecule has 0 aliphatic carbocycles. The molecule has 1 atom stereocenters. The van der Waals surface area contributed by atoms with Crippen LogP contribution in [-0.2, 0) is 11.4 Å². The highest BCUT2D eigenvalue weighted by Gasteiger charge is 2.36. The van der Waals surface area contributed by atoms with Gasteiger partial charge in [-0.2, -0.15) is 0 Å². The zero-order valence-electron chi connectivity index (χ0n) is 15.4. The molecule has 0 spiro atoms. The molecule has 30 heavy (non-hydrogen) atoms. The maximum Gasteiger partial charge on any atom is 0.238 e. The van der Waals surface area contributed by atoms with Crippen molar-refractivity contribution in [3.8, 4) is 5.75 Å². The number of carbonyl (C=O) groups is 1. The minimum atomic E-state index is -0.216. The molecule has 0 radical (unpaired) electrons. The first-order chi connectivity index (χ1) is 14.4. The monoisotopic (exact) mass is 541 g/mol. The molecule has 1 amide bonds. The van der Waals surface area contributed by atoms with Crippen LogP contribution in [0.2, 0.25) is 15.1 Å². The van der Waals surface area contributed by atoms with Crippen LogP contribution in [0.15, 0.2) is 65.1 Å². The normalized spacial score (nSPS) is 16.2. The van der Waals surface area contributed by atoms with Gasteiger partial charge in [0.2, 0.25) is 5.91 Å². The number of amides is 1. The van der Waals surface area contributed by atoms with Gasteiger partial charge in [0.05, 0.1) is 5.75 Å². The molecule has 3 aromatic carbocycles. The summed E-state index contributed by atoms with van der Waals surface area (Å²) in [5.74, 6) is 1.12. The van der Waals surface area contributed by atoms with Gasteiger partial charge < -0.3 is 4.74 Å². The van der Waals surface area contributed by atoms with Crippen molar-refractivity contribution in [1.29, 1.82) is 0 Å². The Bertz CT molecular complexity index is 1090. The van der Waals surface area contributed by atoms with Gasteiger partial charge in [0, 0.05) is 36.4 Å². The van der Waals surface area contributed by atoms with E-state index in [9.17, 15) is 4.79 Å². The van der Waals surface area contributed by atoms with E-state index in [4.69, 9.17) is 39.5 Å². The number of hydrogen-bond donors (Lipinski definition) is 0. The van der Waals surface area contributed by atoms with Crippen molar-refractivity contribution in [2.75, 3.05) is 10.7 Å². The molecule has 3 nitrogen and oxygen atoms in total.